The fourth-order valence-electron chi connectivity index (χ4n) is 3.11. The molecule has 10 nitrogen and oxygen atoms in total. The minimum atomic E-state index is -1.14. The Morgan fingerprint density at radius 3 is 2.85 bits per heavy atom. The number of ether oxygens (including phenoxy) is 3. The third-order valence-corrected chi connectivity index (χ3v) is 4.76. The van der Waals surface area contributed by atoms with Crippen LogP contribution in [-0.2, 0) is 19.0 Å². The van der Waals surface area contributed by atoms with Crippen molar-refractivity contribution in [2.75, 3.05) is 32.9 Å². The smallest absolute Gasteiger partial charge is 0.330 e. The highest BCUT2D eigenvalue weighted by molar-refractivity contribution is 5.75. The first-order valence-corrected chi connectivity index (χ1v) is 8.69. The van der Waals surface area contributed by atoms with Crippen molar-refractivity contribution >= 4 is 5.97 Å². The van der Waals surface area contributed by atoms with Gasteiger partial charge in [-0.25, -0.2) is 4.79 Å². The van der Waals surface area contributed by atoms with Gasteiger partial charge in [-0.3, -0.25) is 24.0 Å². The second kappa shape index (κ2) is 8.30. The molecule has 3 rings (SSSR count). The summed E-state index contributed by atoms with van der Waals surface area (Å²) in [5.41, 5.74) is -1.98. The average molecular weight is 387 g/mol. The Morgan fingerprint density at radius 1 is 1.44 bits per heavy atom. The summed E-state index contributed by atoms with van der Waals surface area (Å²) >= 11 is 0. The van der Waals surface area contributed by atoms with Crippen molar-refractivity contribution < 1.29 is 28.5 Å². The number of esters is 1. The van der Waals surface area contributed by atoms with Crippen LogP contribution in [0.3, 0.4) is 0 Å². The van der Waals surface area contributed by atoms with E-state index in [9.17, 15) is 23.9 Å². The molecule has 0 aromatic carbocycles. The van der Waals surface area contributed by atoms with Crippen LogP contribution >= 0.6 is 0 Å². The summed E-state index contributed by atoms with van der Waals surface area (Å²) < 4.78 is 30.3. The third-order valence-electron chi connectivity index (χ3n) is 4.76. The lowest BCUT2D eigenvalue weighted by Crippen LogP contribution is -2.47. The summed E-state index contributed by atoms with van der Waals surface area (Å²) in [7, 11) is 0. The summed E-state index contributed by atoms with van der Waals surface area (Å²) in [6, 6.07) is -0.459. The lowest BCUT2D eigenvalue weighted by molar-refractivity contribution is -0.157. The maximum atomic E-state index is 13.4. The minimum absolute atomic E-state index is 0.00732. The number of nitrogens with zero attached hydrogens (tertiary/aromatic N) is 2. The van der Waals surface area contributed by atoms with E-state index in [1.54, 1.807) is 6.92 Å². The van der Waals surface area contributed by atoms with Gasteiger partial charge in [0.25, 0.3) is 5.56 Å². The molecule has 2 fully saturated rings. The molecule has 27 heavy (non-hydrogen) atoms. The van der Waals surface area contributed by atoms with Gasteiger partial charge in [-0.15, -0.1) is 0 Å². The number of halogens is 1. The van der Waals surface area contributed by atoms with Crippen molar-refractivity contribution in [1.82, 2.24) is 14.5 Å². The van der Waals surface area contributed by atoms with Gasteiger partial charge in [-0.2, -0.15) is 4.39 Å². The van der Waals surface area contributed by atoms with E-state index in [2.05, 4.69) is 0 Å². The molecule has 0 amide bonds. The maximum Gasteiger partial charge on any atom is 0.330 e. The monoisotopic (exact) mass is 387 g/mol. The Hall–Kier alpha value is -2.08. The highest BCUT2D eigenvalue weighted by Gasteiger charge is 2.37. The molecule has 2 saturated heterocycles. The molecule has 1 unspecified atom stereocenters. The van der Waals surface area contributed by atoms with Crippen LogP contribution in [0.15, 0.2) is 15.8 Å². The zero-order valence-corrected chi connectivity index (χ0v) is 14.8. The normalized spacial score (nSPS) is 27.4. The molecule has 3 heterocycles. The van der Waals surface area contributed by atoms with E-state index in [0.29, 0.717) is 26.3 Å². The first-order chi connectivity index (χ1) is 12.9. The molecule has 1 aromatic heterocycles. The second-order valence-corrected chi connectivity index (χ2v) is 6.53. The molecule has 2 aliphatic rings. The number of aliphatic hydroxyl groups is 1. The number of rotatable bonds is 5. The van der Waals surface area contributed by atoms with Gasteiger partial charge in [0, 0.05) is 19.5 Å². The van der Waals surface area contributed by atoms with Gasteiger partial charge in [0.15, 0.2) is 0 Å². The second-order valence-electron chi connectivity index (χ2n) is 6.53. The number of aliphatic hydroxyl groups excluding tert-OH is 1. The number of carbonyl (C=O) groups is 1. The summed E-state index contributed by atoms with van der Waals surface area (Å²) in [5.74, 6) is -1.59. The highest BCUT2D eigenvalue weighted by atomic mass is 19.1. The van der Waals surface area contributed by atoms with E-state index in [1.165, 1.54) is 0 Å². The third kappa shape index (κ3) is 4.43. The van der Waals surface area contributed by atoms with E-state index in [-0.39, 0.29) is 13.0 Å². The quantitative estimate of drug-likeness (QED) is 0.591. The molecule has 11 heteroatoms. The van der Waals surface area contributed by atoms with Crippen LogP contribution in [0.5, 0.6) is 0 Å². The van der Waals surface area contributed by atoms with Crippen molar-refractivity contribution in [1.29, 1.82) is 0 Å². The largest absolute Gasteiger partial charge is 0.462 e. The average Bonchev–Trinajstić information content (AvgIpc) is 3.03. The van der Waals surface area contributed by atoms with Gasteiger partial charge in [0.05, 0.1) is 25.5 Å². The Labute approximate surface area is 153 Å². The zero-order chi connectivity index (χ0) is 19.6. The van der Waals surface area contributed by atoms with Crippen molar-refractivity contribution in [3.63, 3.8) is 0 Å². The SMILES string of the molecule is CC(C(=O)OC[C@H]1O[C@@H](n2cc(F)c(=O)[nH]c2=O)C[C@@H]1O)N1CCOCC1. The zero-order valence-electron chi connectivity index (χ0n) is 14.8. The summed E-state index contributed by atoms with van der Waals surface area (Å²) in [6.45, 7) is 3.88. The fraction of sp³-hybridized carbons (Fsp3) is 0.688. The molecule has 4 atom stereocenters. The minimum Gasteiger partial charge on any atom is -0.462 e. The summed E-state index contributed by atoms with van der Waals surface area (Å²) in [5, 5.41) is 10.1. The van der Waals surface area contributed by atoms with Gasteiger partial charge < -0.3 is 19.3 Å². The number of hydrogen-bond acceptors (Lipinski definition) is 8. The highest BCUT2D eigenvalue weighted by Crippen LogP contribution is 2.27. The first kappa shape index (κ1) is 19.7. The Morgan fingerprint density at radius 2 is 2.15 bits per heavy atom. The fourth-order valence-corrected chi connectivity index (χ4v) is 3.11. The van der Waals surface area contributed by atoms with Crippen LogP contribution in [0, 0.1) is 5.82 Å². The molecule has 1 aromatic rings. The Bertz CT molecular complexity index is 789. The number of hydrogen-bond donors (Lipinski definition) is 2. The predicted molar refractivity (Wildman–Crippen MR) is 88.6 cm³/mol. The van der Waals surface area contributed by atoms with E-state index in [1.807, 2.05) is 9.88 Å². The van der Waals surface area contributed by atoms with E-state index in [0.717, 1.165) is 10.8 Å². The molecular formula is C16H22FN3O7. The van der Waals surface area contributed by atoms with E-state index < -0.39 is 47.5 Å². The molecule has 2 N–H and O–H groups in total. The number of H-pyrrole nitrogens is 1. The Balaban J connectivity index is 1.57. The standard InChI is InChI=1S/C16H22FN3O7/c1-9(19-2-4-25-5-3-19)15(23)26-8-12-11(21)6-13(27-12)20-7-10(17)14(22)18-16(20)24/h7,9,11-13,21H,2-6,8H2,1H3,(H,18,22,24)/t9?,11-,12+,13+/m0/s1. The first-order valence-electron chi connectivity index (χ1n) is 8.69. The molecule has 0 spiro atoms. The van der Waals surface area contributed by atoms with Gasteiger partial charge in [0.2, 0.25) is 5.82 Å². The van der Waals surface area contributed by atoms with Crippen LogP contribution in [0.4, 0.5) is 4.39 Å². The van der Waals surface area contributed by atoms with Gasteiger partial charge in [0.1, 0.15) is 25.0 Å². The number of aromatic amines is 1. The number of nitrogens with one attached hydrogen (secondary N) is 1. The van der Waals surface area contributed by atoms with Crippen LogP contribution in [0.25, 0.3) is 0 Å². The van der Waals surface area contributed by atoms with Crippen LogP contribution < -0.4 is 11.2 Å². The van der Waals surface area contributed by atoms with E-state index in [4.69, 9.17) is 14.2 Å². The topological polar surface area (TPSA) is 123 Å². The molecule has 0 bridgehead atoms. The van der Waals surface area contributed by atoms with Crippen molar-refractivity contribution in [2.45, 2.75) is 37.8 Å². The molecule has 0 aliphatic carbocycles. The molecule has 0 radical (unpaired) electrons. The molecule has 0 saturated carbocycles. The van der Waals surface area contributed by atoms with Gasteiger partial charge in [-0.05, 0) is 6.92 Å². The van der Waals surface area contributed by atoms with Crippen LogP contribution in [0.2, 0.25) is 0 Å². The van der Waals surface area contributed by atoms with E-state index >= 15 is 0 Å². The van der Waals surface area contributed by atoms with Crippen molar-refractivity contribution in [3.05, 3.63) is 32.9 Å². The number of aromatic nitrogens is 2. The molecule has 2 aliphatic heterocycles. The number of morpholine rings is 1. The van der Waals surface area contributed by atoms with Crippen molar-refractivity contribution in [2.24, 2.45) is 0 Å². The summed E-state index contributed by atoms with van der Waals surface area (Å²) in [4.78, 5) is 38.9. The summed E-state index contributed by atoms with van der Waals surface area (Å²) in [6.07, 6.45) is -2.12. The molecule has 150 valence electrons. The predicted octanol–water partition coefficient (Wildman–Crippen LogP) is -1.41. The number of carbonyl (C=O) groups excluding carboxylic acids is 1. The molecular weight excluding hydrogens is 365 g/mol. The Kier molecular flexibility index (Phi) is 6.05. The van der Waals surface area contributed by atoms with Crippen LogP contribution in [-0.4, -0.2) is 76.7 Å². The maximum absolute atomic E-state index is 13.4. The lowest BCUT2D eigenvalue weighted by atomic mass is 10.2. The van der Waals surface area contributed by atoms with Crippen LogP contribution in [0.1, 0.15) is 19.6 Å². The lowest BCUT2D eigenvalue weighted by Gasteiger charge is -2.31. The van der Waals surface area contributed by atoms with Gasteiger partial charge in [-0.1, -0.05) is 0 Å². The van der Waals surface area contributed by atoms with Crippen molar-refractivity contribution in [3.8, 4) is 0 Å². The van der Waals surface area contributed by atoms with Gasteiger partial charge >= 0.3 is 11.7 Å².